The largest absolute Gasteiger partial charge is 0.251 e. The van der Waals surface area contributed by atoms with Crippen LogP contribution in [0.3, 0.4) is 0 Å². The van der Waals surface area contributed by atoms with Gasteiger partial charge in [0.1, 0.15) is 0 Å². The summed E-state index contributed by atoms with van der Waals surface area (Å²) in [5, 5.41) is 6.28. The monoisotopic (exact) mass is 381 g/mol. The van der Waals surface area contributed by atoms with Gasteiger partial charge >= 0.3 is 0 Å². The molecule has 138 valence electrons. The van der Waals surface area contributed by atoms with Crippen LogP contribution in [0, 0.1) is 13.8 Å². The van der Waals surface area contributed by atoms with Crippen molar-refractivity contribution in [2.45, 2.75) is 25.2 Å². The average molecular weight is 381 g/mol. The molecule has 8 heteroatoms. The van der Waals surface area contributed by atoms with E-state index in [2.05, 4.69) is 19.8 Å². The zero-order valence-electron chi connectivity index (χ0n) is 15.0. The number of benzene rings is 2. The van der Waals surface area contributed by atoms with E-state index >= 15 is 0 Å². The summed E-state index contributed by atoms with van der Waals surface area (Å²) in [7, 11) is -3.58. The summed E-state index contributed by atoms with van der Waals surface area (Å²) in [5.41, 5.74) is 2.40. The number of aryl methyl sites for hydroxylation is 2. The van der Waals surface area contributed by atoms with Crippen molar-refractivity contribution in [1.82, 2.24) is 24.3 Å². The lowest BCUT2D eigenvalue weighted by Gasteiger charge is -2.07. The second-order valence-corrected chi connectivity index (χ2v) is 8.18. The number of nitrogens with one attached hydrogen (secondary N) is 1. The van der Waals surface area contributed by atoms with Crippen LogP contribution in [0.2, 0.25) is 0 Å². The smallest absolute Gasteiger partial charge is 0.215 e. The third-order valence-corrected chi connectivity index (χ3v) is 5.93. The molecule has 4 aromatic rings. The van der Waals surface area contributed by atoms with Crippen LogP contribution < -0.4 is 4.72 Å². The normalized spacial score (nSPS) is 12.1. The molecule has 2 heterocycles. The summed E-state index contributed by atoms with van der Waals surface area (Å²) in [6, 6.07) is 12.8. The molecule has 2 aromatic carbocycles. The summed E-state index contributed by atoms with van der Waals surface area (Å²) >= 11 is 0. The van der Waals surface area contributed by atoms with Gasteiger partial charge in [0.2, 0.25) is 10.0 Å². The summed E-state index contributed by atoms with van der Waals surface area (Å²) in [6.45, 7) is 4.02. The second kappa shape index (κ2) is 6.71. The highest BCUT2D eigenvalue weighted by Crippen LogP contribution is 2.18. The lowest BCUT2D eigenvalue weighted by Crippen LogP contribution is -2.26. The van der Waals surface area contributed by atoms with Crippen LogP contribution in [-0.4, -0.2) is 34.5 Å². The van der Waals surface area contributed by atoms with E-state index in [1.54, 1.807) is 22.8 Å². The molecule has 2 aromatic heterocycles. The molecule has 0 aliphatic heterocycles. The highest BCUT2D eigenvalue weighted by atomic mass is 32.2. The van der Waals surface area contributed by atoms with Gasteiger partial charge in [-0.05, 0) is 36.8 Å². The predicted molar refractivity (Wildman–Crippen MR) is 103 cm³/mol. The lowest BCUT2D eigenvalue weighted by molar-refractivity contribution is 0.581. The number of rotatable bonds is 5. The van der Waals surface area contributed by atoms with E-state index in [1.165, 1.54) is 0 Å². The number of hydrogen-bond donors (Lipinski definition) is 1. The highest BCUT2D eigenvalue weighted by Gasteiger charge is 2.14. The molecule has 0 fully saturated rings. The van der Waals surface area contributed by atoms with Crippen molar-refractivity contribution in [1.29, 1.82) is 0 Å². The third-order valence-electron chi connectivity index (χ3n) is 4.47. The van der Waals surface area contributed by atoms with E-state index in [9.17, 15) is 8.42 Å². The fraction of sp³-hybridized carbons (Fsp3) is 0.211. The van der Waals surface area contributed by atoms with Crippen molar-refractivity contribution in [2.75, 3.05) is 6.54 Å². The molecule has 0 atom stereocenters. The Hall–Kier alpha value is -2.84. The van der Waals surface area contributed by atoms with Crippen LogP contribution in [0.5, 0.6) is 0 Å². The molecule has 1 N–H and O–H groups in total. The molecule has 0 unspecified atom stereocenters. The Kier molecular flexibility index (Phi) is 4.37. The van der Waals surface area contributed by atoms with Gasteiger partial charge < -0.3 is 0 Å². The molecule has 0 saturated heterocycles. The Bertz CT molecular complexity index is 1210. The van der Waals surface area contributed by atoms with Crippen molar-refractivity contribution in [3.63, 3.8) is 0 Å². The van der Waals surface area contributed by atoms with Crippen molar-refractivity contribution in [2.24, 2.45) is 0 Å². The molecule has 0 saturated carbocycles. The van der Waals surface area contributed by atoms with Gasteiger partial charge in [-0.3, -0.25) is 0 Å². The maximum Gasteiger partial charge on any atom is 0.251 e. The van der Waals surface area contributed by atoms with E-state index in [0.717, 1.165) is 27.9 Å². The summed E-state index contributed by atoms with van der Waals surface area (Å²) < 4.78 is 29.4. The molecular formula is C19H19N5O2S. The van der Waals surface area contributed by atoms with Gasteiger partial charge in [0.25, 0.3) is 5.78 Å². The third kappa shape index (κ3) is 3.54. The van der Waals surface area contributed by atoms with E-state index in [0.29, 0.717) is 12.2 Å². The quantitative estimate of drug-likeness (QED) is 0.573. The van der Waals surface area contributed by atoms with Gasteiger partial charge in [0.15, 0.2) is 0 Å². The Balaban J connectivity index is 1.48. The maximum atomic E-state index is 12.6. The average Bonchev–Trinajstić information content (AvgIpc) is 3.03. The summed E-state index contributed by atoms with van der Waals surface area (Å²) in [5.74, 6) is 0.519. The number of nitrogens with zero attached hydrogens (tertiary/aromatic N) is 4. The fourth-order valence-corrected chi connectivity index (χ4v) is 3.94. The van der Waals surface area contributed by atoms with Gasteiger partial charge in [0.05, 0.1) is 28.2 Å². The Labute approximate surface area is 157 Å². The molecule has 4 rings (SSSR count). The Morgan fingerprint density at radius 3 is 2.59 bits per heavy atom. The minimum Gasteiger partial charge on any atom is -0.215 e. The van der Waals surface area contributed by atoms with E-state index in [4.69, 9.17) is 0 Å². The SMILES string of the molecule is Cc1nc2nc(CCNS(=O)(=O)c3ccc4ccccc4c3)cn2nc1C. The van der Waals surface area contributed by atoms with Gasteiger partial charge in [-0.2, -0.15) is 5.10 Å². The van der Waals surface area contributed by atoms with Gasteiger partial charge in [0, 0.05) is 13.0 Å². The molecule has 0 aliphatic carbocycles. The van der Waals surface area contributed by atoms with E-state index in [1.807, 2.05) is 44.2 Å². The molecule has 7 nitrogen and oxygen atoms in total. The molecule has 0 aliphatic rings. The van der Waals surface area contributed by atoms with Crippen molar-refractivity contribution in [3.05, 3.63) is 65.7 Å². The number of aromatic nitrogens is 4. The van der Waals surface area contributed by atoms with E-state index < -0.39 is 10.0 Å². The first-order chi connectivity index (χ1) is 12.9. The summed E-state index contributed by atoms with van der Waals surface area (Å²) in [6.07, 6.45) is 2.23. The first-order valence-electron chi connectivity index (χ1n) is 8.60. The number of sulfonamides is 1. The van der Waals surface area contributed by atoms with Crippen LogP contribution in [0.1, 0.15) is 17.1 Å². The zero-order chi connectivity index (χ0) is 19.0. The van der Waals surface area contributed by atoms with Crippen LogP contribution in [-0.2, 0) is 16.4 Å². The predicted octanol–water partition coefficient (Wildman–Crippen LogP) is 2.42. The first-order valence-corrected chi connectivity index (χ1v) is 10.1. The number of fused-ring (bicyclic) bond motifs is 2. The number of imidazole rings is 1. The van der Waals surface area contributed by atoms with E-state index in [-0.39, 0.29) is 11.4 Å². The van der Waals surface area contributed by atoms with Gasteiger partial charge in [-0.15, -0.1) is 0 Å². The van der Waals surface area contributed by atoms with Gasteiger partial charge in [-0.1, -0.05) is 30.3 Å². The van der Waals surface area contributed by atoms with Crippen LogP contribution >= 0.6 is 0 Å². The highest BCUT2D eigenvalue weighted by molar-refractivity contribution is 7.89. The first kappa shape index (κ1) is 17.6. The molecule has 0 bridgehead atoms. The fourth-order valence-electron chi connectivity index (χ4n) is 2.87. The Morgan fingerprint density at radius 1 is 1.00 bits per heavy atom. The molecular weight excluding hydrogens is 362 g/mol. The second-order valence-electron chi connectivity index (χ2n) is 6.42. The van der Waals surface area contributed by atoms with Gasteiger partial charge in [-0.25, -0.2) is 27.6 Å². The van der Waals surface area contributed by atoms with Crippen LogP contribution in [0.15, 0.2) is 53.6 Å². The molecule has 0 amide bonds. The maximum absolute atomic E-state index is 12.6. The topological polar surface area (TPSA) is 89.2 Å². The minimum absolute atomic E-state index is 0.247. The molecule has 0 spiro atoms. The van der Waals surface area contributed by atoms with Crippen molar-refractivity contribution in [3.8, 4) is 0 Å². The standard InChI is InChI=1S/C19H19N5O2S/c1-13-14(2)23-24-12-17(22-19(24)21-13)9-10-20-27(25,26)18-8-7-15-5-3-4-6-16(15)11-18/h3-8,11-12,20H,9-10H2,1-2H3. The van der Waals surface area contributed by atoms with Crippen molar-refractivity contribution >= 4 is 26.6 Å². The molecule has 0 radical (unpaired) electrons. The Morgan fingerprint density at radius 2 is 1.78 bits per heavy atom. The summed E-state index contributed by atoms with van der Waals surface area (Å²) in [4.78, 5) is 9.04. The number of hydrogen-bond acceptors (Lipinski definition) is 5. The minimum atomic E-state index is -3.58. The molecule has 27 heavy (non-hydrogen) atoms. The van der Waals surface area contributed by atoms with Crippen molar-refractivity contribution < 1.29 is 8.42 Å². The van der Waals surface area contributed by atoms with Crippen LogP contribution in [0.4, 0.5) is 0 Å². The zero-order valence-corrected chi connectivity index (χ0v) is 15.9. The lowest BCUT2D eigenvalue weighted by atomic mass is 10.1. The van der Waals surface area contributed by atoms with Crippen LogP contribution in [0.25, 0.3) is 16.6 Å².